The lowest BCUT2D eigenvalue weighted by Crippen LogP contribution is -2.39. The number of aryl methyl sites for hydroxylation is 1. The van der Waals surface area contributed by atoms with Gasteiger partial charge in [-0.1, -0.05) is 59.9 Å². The summed E-state index contributed by atoms with van der Waals surface area (Å²) in [5.74, 6) is -0.786. The topological polar surface area (TPSA) is 111 Å². The number of thiazole rings is 1. The highest BCUT2D eigenvalue weighted by Gasteiger charge is 2.33. The zero-order valence-electron chi connectivity index (χ0n) is 20.9. The Hall–Kier alpha value is -4.50. The van der Waals surface area contributed by atoms with Crippen molar-refractivity contribution in [2.75, 3.05) is 6.61 Å². The first-order chi connectivity index (χ1) is 18.3. The summed E-state index contributed by atoms with van der Waals surface area (Å²) < 4.78 is 13.1. The molecular formula is C29H24N2O6S. The molecular weight excluding hydrogens is 504 g/mol. The van der Waals surface area contributed by atoms with E-state index in [1.165, 1.54) is 15.9 Å². The SMILES string of the molecule is CCOC(=O)C1=C(C)N=c2sc(=Cc3ccc(-c4cccc(C)c4C(=O)O)o3)c(=O)n2C1c1ccccc1. The first kappa shape index (κ1) is 25.2. The Morgan fingerprint density at radius 1 is 1.11 bits per heavy atom. The molecule has 0 spiro atoms. The predicted molar refractivity (Wildman–Crippen MR) is 143 cm³/mol. The maximum atomic E-state index is 13.7. The molecule has 0 fully saturated rings. The quantitative estimate of drug-likeness (QED) is 0.378. The van der Waals surface area contributed by atoms with Gasteiger partial charge in [0.1, 0.15) is 11.5 Å². The van der Waals surface area contributed by atoms with E-state index < -0.39 is 18.0 Å². The van der Waals surface area contributed by atoms with E-state index in [2.05, 4.69) is 4.99 Å². The number of rotatable bonds is 6. The van der Waals surface area contributed by atoms with Crippen LogP contribution in [0, 0.1) is 6.92 Å². The van der Waals surface area contributed by atoms with E-state index in [0.717, 1.165) is 5.56 Å². The van der Waals surface area contributed by atoms with Crippen LogP contribution in [-0.2, 0) is 9.53 Å². The molecule has 0 saturated heterocycles. The van der Waals surface area contributed by atoms with Crippen molar-refractivity contribution in [1.82, 2.24) is 4.57 Å². The van der Waals surface area contributed by atoms with Crippen molar-refractivity contribution < 1.29 is 23.8 Å². The van der Waals surface area contributed by atoms with Gasteiger partial charge in [-0.25, -0.2) is 14.6 Å². The number of aromatic nitrogens is 1. The molecule has 5 rings (SSSR count). The van der Waals surface area contributed by atoms with E-state index in [9.17, 15) is 19.5 Å². The zero-order chi connectivity index (χ0) is 27.0. The number of hydrogen-bond acceptors (Lipinski definition) is 7. The van der Waals surface area contributed by atoms with Crippen LogP contribution >= 0.6 is 11.3 Å². The standard InChI is InChI=1S/C29H24N2O6S/c1-4-36-28(35)24-17(3)30-29-31(25(24)18-10-6-5-7-11-18)26(32)22(38-29)15-19-13-14-21(37-19)20-12-8-9-16(2)23(20)27(33)34/h5-15,25H,4H2,1-3H3,(H,33,34). The summed E-state index contributed by atoms with van der Waals surface area (Å²) >= 11 is 1.19. The second-order valence-corrected chi connectivity index (χ2v) is 9.73. The molecule has 0 saturated carbocycles. The number of carbonyl (C=O) groups excluding carboxylic acids is 1. The second-order valence-electron chi connectivity index (χ2n) is 8.72. The predicted octanol–water partition coefficient (Wildman–Crippen LogP) is 4.06. The molecule has 4 aromatic rings. The fraction of sp³-hybridized carbons (Fsp3) is 0.172. The van der Waals surface area contributed by atoms with Crippen LogP contribution in [0.2, 0.25) is 0 Å². The molecule has 0 bridgehead atoms. The monoisotopic (exact) mass is 528 g/mol. The second kappa shape index (κ2) is 10.1. The van der Waals surface area contributed by atoms with E-state index in [4.69, 9.17) is 9.15 Å². The molecule has 0 aliphatic carbocycles. The van der Waals surface area contributed by atoms with Gasteiger partial charge in [0.15, 0.2) is 4.80 Å². The van der Waals surface area contributed by atoms with E-state index in [1.807, 2.05) is 30.3 Å². The maximum absolute atomic E-state index is 13.7. The number of aromatic carboxylic acids is 1. The van der Waals surface area contributed by atoms with Gasteiger partial charge in [0.05, 0.1) is 34.0 Å². The lowest BCUT2D eigenvalue weighted by atomic mass is 9.96. The highest BCUT2D eigenvalue weighted by Crippen LogP contribution is 2.31. The van der Waals surface area contributed by atoms with Crippen molar-refractivity contribution in [3.8, 4) is 11.3 Å². The number of carboxylic acids is 1. The fourth-order valence-electron chi connectivity index (χ4n) is 4.60. The van der Waals surface area contributed by atoms with Gasteiger partial charge in [0, 0.05) is 11.6 Å². The number of carboxylic acid groups (broad SMARTS) is 1. The largest absolute Gasteiger partial charge is 0.478 e. The molecule has 38 heavy (non-hydrogen) atoms. The summed E-state index contributed by atoms with van der Waals surface area (Å²) in [5, 5.41) is 9.67. The molecule has 1 aliphatic heterocycles. The van der Waals surface area contributed by atoms with Gasteiger partial charge in [0.25, 0.3) is 5.56 Å². The molecule has 8 nitrogen and oxygen atoms in total. The van der Waals surface area contributed by atoms with Crippen LogP contribution in [0.5, 0.6) is 0 Å². The number of esters is 1. The number of fused-ring (bicyclic) bond motifs is 1. The highest BCUT2D eigenvalue weighted by molar-refractivity contribution is 7.07. The third-order valence-electron chi connectivity index (χ3n) is 6.28. The third-order valence-corrected chi connectivity index (χ3v) is 7.27. The molecule has 3 heterocycles. The molecule has 0 amide bonds. The van der Waals surface area contributed by atoms with Gasteiger partial charge >= 0.3 is 11.9 Å². The van der Waals surface area contributed by atoms with Crippen LogP contribution < -0.4 is 14.9 Å². The summed E-state index contributed by atoms with van der Waals surface area (Å²) in [4.78, 5) is 43.5. The van der Waals surface area contributed by atoms with E-state index in [0.29, 0.717) is 43.3 Å². The van der Waals surface area contributed by atoms with Crippen LogP contribution in [-0.4, -0.2) is 28.2 Å². The van der Waals surface area contributed by atoms with Crippen LogP contribution in [0.4, 0.5) is 0 Å². The number of ether oxygens (including phenoxy) is 1. The van der Waals surface area contributed by atoms with Gasteiger partial charge < -0.3 is 14.3 Å². The molecule has 1 atom stereocenters. The molecule has 1 aliphatic rings. The van der Waals surface area contributed by atoms with Crippen LogP contribution in [0.1, 0.15) is 47.1 Å². The third kappa shape index (κ3) is 4.41. The number of carbonyl (C=O) groups is 2. The van der Waals surface area contributed by atoms with Gasteiger partial charge in [-0.2, -0.15) is 0 Å². The Balaban J connectivity index is 1.64. The minimum atomic E-state index is -1.04. The fourth-order valence-corrected chi connectivity index (χ4v) is 5.63. The van der Waals surface area contributed by atoms with Crippen molar-refractivity contribution in [1.29, 1.82) is 0 Å². The van der Waals surface area contributed by atoms with Gasteiger partial charge in [-0.05, 0) is 44.0 Å². The maximum Gasteiger partial charge on any atom is 0.338 e. The molecule has 1 N–H and O–H groups in total. The van der Waals surface area contributed by atoms with Crippen LogP contribution in [0.25, 0.3) is 17.4 Å². The highest BCUT2D eigenvalue weighted by atomic mass is 32.1. The average Bonchev–Trinajstić information content (AvgIpc) is 3.48. The summed E-state index contributed by atoms with van der Waals surface area (Å²) in [6.07, 6.45) is 1.61. The van der Waals surface area contributed by atoms with Gasteiger partial charge in [0.2, 0.25) is 0 Å². The number of allylic oxidation sites excluding steroid dienone is 1. The normalized spacial score (nSPS) is 15.2. The van der Waals surface area contributed by atoms with Gasteiger partial charge in [-0.3, -0.25) is 9.36 Å². The smallest absolute Gasteiger partial charge is 0.338 e. The summed E-state index contributed by atoms with van der Waals surface area (Å²) in [7, 11) is 0. The first-order valence-electron chi connectivity index (χ1n) is 12.0. The average molecular weight is 529 g/mol. The lowest BCUT2D eigenvalue weighted by molar-refractivity contribution is -0.139. The first-order valence-corrected chi connectivity index (χ1v) is 12.8. The van der Waals surface area contributed by atoms with Crippen molar-refractivity contribution >= 4 is 29.4 Å². The molecule has 9 heteroatoms. The lowest BCUT2D eigenvalue weighted by Gasteiger charge is -2.24. The molecule has 2 aromatic heterocycles. The van der Waals surface area contributed by atoms with Crippen molar-refractivity contribution in [3.63, 3.8) is 0 Å². The number of furan rings is 1. The van der Waals surface area contributed by atoms with Crippen molar-refractivity contribution in [3.05, 3.63) is 114 Å². The minimum Gasteiger partial charge on any atom is -0.478 e. The minimum absolute atomic E-state index is 0.164. The van der Waals surface area contributed by atoms with E-state index in [1.54, 1.807) is 57.2 Å². The summed E-state index contributed by atoms with van der Waals surface area (Å²) in [6.45, 7) is 5.40. The van der Waals surface area contributed by atoms with Gasteiger partial charge in [-0.15, -0.1) is 0 Å². The number of nitrogens with zero attached hydrogens (tertiary/aromatic N) is 2. The van der Waals surface area contributed by atoms with E-state index in [-0.39, 0.29) is 17.7 Å². The Labute approximate surface area is 221 Å². The Morgan fingerprint density at radius 3 is 2.58 bits per heavy atom. The molecule has 192 valence electrons. The summed E-state index contributed by atoms with van der Waals surface area (Å²) in [5.41, 5.74) is 2.49. The molecule has 0 radical (unpaired) electrons. The van der Waals surface area contributed by atoms with Crippen LogP contribution in [0.3, 0.4) is 0 Å². The number of benzene rings is 2. The Morgan fingerprint density at radius 2 is 1.87 bits per heavy atom. The number of hydrogen-bond donors (Lipinski definition) is 1. The Kier molecular flexibility index (Phi) is 6.69. The Bertz CT molecular complexity index is 1780. The van der Waals surface area contributed by atoms with Crippen LogP contribution in [0.15, 0.2) is 86.1 Å². The zero-order valence-corrected chi connectivity index (χ0v) is 21.7. The van der Waals surface area contributed by atoms with E-state index >= 15 is 0 Å². The molecule has 2 aromatic carbocycles. The summed E-state index contributed by atoms with van der Waals surface area (Å²) in [6, 6.07) is 17.2. The van der Waals surface area contributed by atoms with Crippen molar-refractivity contribution in [2.45, 2.75) is 26.8 Å². The molecule has 1 unspecified atom stereocenters. The van der Waals surface area contributed by atoms with Crippen molar-refractivity contribution in [2.24, 2.45) is 4.99 Å².